The minimum absolute atomic E-state index is 0.0420. The van der Waals surface area contributed by atoms with Crippen molar-refractivity contribution in [2.75, 3.05) is 19.7 Å². The van der Waals surface area contributed by atoms with Crippen LogP contribution in [0.25, 0.3) is 0 Å². The highest BCUT2D eigenvalue weighted by atomic mass is 16.7. The smallest absolute Gasteiger partial charge is 0.306 e. The molecule has 6 rings (SSSR count). The number of allylic oxidation sites excluding steroid dienone is 1. The molecule has 41 heavy (non-hydrogen) atoms. The second-order valence-electron chi connectivity index (χ2n) is 15.2. The number of hydrogen-bond donors (Lipinski definition) is 0. The SMILES string of the molecule is CCN(CC)C(=O)CCC(=O)O[C@H]1CC[C@@]2(C)C(=CC[C@H]3[C@@H]4C[C@@H]5O[C@]6(CC[C@@H](C)CO6)[C@@H](C)[C@@H]5[C@@]4(C)CC[C@@H]32)C1. The Balaban J connectivity index is 1.10. The first-order valence-corrected chi connectivity index (χ1v) is 17.0. The Morgan fingerprint density at radius 3 is 2.51 bits per heavy atom. The predicted octanol–water partition coefficient (Wildman–Crippen LogP) is 6.91. The third kappa shape index (κ3) is 4.82. The van der Waals surface area contributed by atoms with Gasteiger partial charge in [-0.25, -0.2) is 0 Å². The Hall–Kier alpha value is -1.40. The lowest BCUT2D eigenvalue weighted by molar-refractivity contribution is -0.272. The molecule has 1 amide bonds. The molecule has 0 aromatic rings. The van der Waals surface area contributed by atoms with Crippen LogP contribution in [0.2, 0.25) is 0 Å². The maximum atomic E-state index is 12.7. The van der Waals surface area contributed by atoms with Crippen LogP contribution in [0, 0.1) is 46.3 Å². The van der Waals surface area contributed by atoms with Crippen molar-refractivity contribution in [2.24, 2.45) is 46.3 Å². The highest BCUT2D eigenvalue weighted by Gasteiger charge is 2.68. The lowest BCUT2D eigenvalue weighted by Crippen LogP contribution is -2.52. The van der Waals surface area contributed by atoms with Crippen LogP contribution in [0.5, 0.6) is 0 Å². The summed E-state index contributed by atoms with van der Waals surface area (Å²) in [6.45, 7) is 16.0. The Bertz CT molecular complexity index is 1040. The number of amides is 1. The van der Waals surface area contributed by atoms with Gasteiger partial charge >= 0.3 is 5.97 Å². The minimum atomic E-state index is -0.340. The average Bonchev–Trinajstić information content (AvgIpc) is 3.40. The fraction of sp³-hybridized carbons (Fsp3) is 0.886. The van der Waals surface area contributed by atoms with E-state index < -0.39 is 0 Å². The van der Waals surface area contributed by atoms with Crippen LogP contribution < -0.4 is 0 Å². The van der Waals surface area contributed by atoms with Gasteiger partial charge in [0.2, 0.25) is 5.91 Å². The summed E-state index contributed by atoms with van der Waals surface area (Å²) in [5.74, 6) is 3.33. The van der Waals surface area contributed by atoms with E-state index in [1.165, 1.54) is 31.3 Å². The van der Waals surface area contributed by atoms with E-state index in [-0.39, 0.29) is 42.0 Å². The van der Waals surface area contributed by atoms with Crippen molar-refractivity contribution in [1.29, 1.82) is 0 Å². The molecule has 5 fully saturated rings. The van der Waals surface area contributed by atoms with E-state index in [1.807, 2.05) is 13.8 Å². The molecule has 4 aliphatic carbocycles. The quantitative estimate of drug-likeness (QED) is 0.257. The molecule has 1 spiro atoms. The van der Waals surface area contributed by atoms with Crippen LogP contribution in [-0.2, 0) is 23.8 Å². The Morgan fingerprint density at radius 2 is 1.80 bits per heavy atom. The van der Waals surface area contributed by atoms with Crippen molar-refractivity contribution in [1.82, 2.24) is 4.90 Å². The molecule has 0 aromatic carbocycles. The molecular weight excluding hydrogens is 514 g/mol. The number of fused-ring (bicyclic) bond motifs is 7. The molecule has 0 aromatic heterocycles. The summed E-state index contributed by atoms with van der Waals surface area (Å²) < 4.78 is 19.4. The van der Waals surface area contributed by atoms with E-state index in [0.29, 0.717) is 54.2 Å². The molecule has 0 unspecified atom stereocenters. The molecule has 0 bridgehead atoms. The normalized spacial score (nSPS) is 46.6. The van der Waals surface area contributed by atoms with E-state index in [2.05, 4.69) is 33.8 Å². The van der Waals surface area contributed by atoms with Crippen LogP contribution >= 0.6 is 0 Å². The molecule has 6 heteroatoms. The summed E-state index contributed by atoms with van der Waals surface area (Å²) >= 11 is 0. The first kappa shape index (κ1) is 29.7. The first-order valence-electron chi connectivity index (χ1n) is 17.0. The second kappa shape index (κ2) is 10.9. The van der Waals surface area contributed by atoms with Gasteiger partial charge in [0.1, 0.15) is 6.10 Å². The van der Waals surface area contributed by atoms with Gasteiger partial charge < -0.3 is 19.1 Å². The van der Waals surface area contributed by atoms with Gasteiger partial charge in [-0.3, -0.25) is 9.59 Å². The summed E-state index contributed by atoms with van der Waals surface area (Å²) in [5.41, 5.74) is 2.06. The van der Waals surface area contributed by atoms with Crippen LogP contribution in [0.1, 0.15) is 112 Å². The minimum Gasteiger partial charge on any atom is -0.462 e. The lowest BCUT2D eigenvalue weighted by Gasteiger charge is -2.58. The van der Waals surface area contributed by atoms with Gasteiger partial charge in [0, 0.05) is 38.3 Å². The second-order valence-corrected chi connectivity index (χ2v) is 15.2. The van der Waals surface area contributed by atoms with Gasteiger partial charge in [0.25, 0.3) is 0 Å². The number of ether oxygens (including phenoxy) is 3. The maximum Gasteiger partial charge on any atom is 0.306 e. The first-order chi connectivity index (χ1) is 19.5. The standard InChI is InChI=1S/C35H55NO5/c1-7-36(8-2)30(37)11-12-31(38)40-25-14-16-33(5)24(19-25)9-10-26-27(33)15-17-34(6)28(26)20-29-32(34)23(4)35(41-29)18-13-22(3)21-39-35/h9,22-23,25-29,32H,7-8,10-21H2,1-6H3/t22-,23+,25+,26-,27+,28+,29+,32+,33+,34+,35-/m1/s1. The molecule has 0 N–H and O–H groups in total. The van der Waals surface area contributed by atoms with Gasteiger partial charge in [-0.05, 0) is 99.2 Å². The van der Waals surface area contributed by atoms with Crippen molar-refractivity contribution >= 4 is 11.9 Å². The van der Waals surface area contributed by atoms with E-state index >= 15 is 0 Å². The zero-order chi connectivity index (χ0) is 29.2. The van der Waals surface area contributed by atoms with E-state index in [9.17, 15) is 9.59 Å². The molecule has 6 aliphatic rings. The Morgan fingerprint density at radius 1 is 1.02 bits per heavy atom. The Labute approximate surface area is 248 Å². The van der Waals surface area contributed by atoms with Crippen molar-refractivity contribution in [3.8, 4) is 0 Å². The molecule has 0 radical (unpaired) electrons. The van der Waals surface area contributed by atoms with Crippen molar-refractivity contribution < 1.29 is 23.8 Å². The van der Waals surface area contributed by atoms with E-state index in [0.717, 1.165) is 44.6 Å². The zero-order valence-electron chi connectivity index (χ0n) is 26.6. The number of rotatable bonds is 6. The summed E-state index contributed by atoms with van der Waals surface area (Å²) in [4.78, 5) is 26.8. The Kier molecular flexibility index (Phi) is 7.92. The van der Waals surface area contributed by atoms with Crippen molar-refractivity contribution in [3.63, 3.8) is 0 Å². The molecule has 11 atom stereocenters. The number of carbonyl (C=O) groups is 2. The summed E-state index contributed by atoms with van der Waals surface area (Å²) in [6, 6.07) is 0. The maximum absolute atomic E-state index is 12.7. The van der Waals surface area contributed by atoms with Gasteiger partial charge in [-0.1, -0.05) is 39.3 Å². The van der Waals surface area contributed by atoms with Crippen LogP contribution in [0.15, 0.2) is 11.6 Å². The van der Waals surface area contributed by atoms with Gasteiger partial charge in [0.15, 0.2) is 5.79 Å². The van der Waals surface area contributed by atoms with Gasteiger partial charge in [-0.2, -0.15) is 0 Å². The third-order valence-corrected chi connectivity index (χ3v) is 13.3. The topological polar surface area (TPSA) is 65.1 Å². The number of nitrogens with zero attached hydrogens (tertiary/aromatic N) is 1. The van der Waals surface area contributed by atoms with Gasteiger partial charge in [-0.15, -0.1) is 0 Å². The monoisotopic (exact) mass is 569 g/mol. The van der Waals surface area contributed by atoms with E-state index in [1.54, 1.807) is 4.90 Å². The lowest BCUT2D eigenvalue weighted by atomic mass is 9.47. The molecule has 2 saturated heterocycles. The molecule has 6 nitrogen and oxygen atoms in total. The molecule has 230 valence electrons. The van der Waals surface area contributed by atoms with Crippen molar-refractivity contribution in [3.05, 3.63) is 11.6 Å². The molecule has 2 aliphatic heterocycles. The van der Waals surface area contributed by atoms with Crippen LogP contribution in [0.3, 0.4) is 0 Å². The van der Waals surface area contributed by atoms with Crippen LogP contribution in [0.4, 0.5) is 0 Å². The number of hydrogen-bond acceptors (Lipinski definition) is 5. The third-order valence-electron chi connectivity index (χ3n) is 13.3. The fourth-order valence-electron chi connectivity index (χ4n) is 10.9. The largest absolute Gasteiger partial charge is 0.462 e. The summed E-state index contributed by atoms with van der Waals surface area (Å²) in [6.07, 6.45) is 13.3. The number of carbonyl (C=O) groups excluding carboxylic acids is 2. The average molecular weight is 570 g/mol. The molecule has 3 saturated carbocycles. The predicted molar refractivity (Wildman–Crippen MR) is 159 cm³/mol. The van der Waals surface area contributed by atoms with Crippen LogP contribution in [-0.4, -0.2) is 54.5 Å². The van der Waals surface area contributed by atoms with E-state index in [4.69, 9.17) is 14.2 Å². The summed E-state index contributed by atoms with van der Waals surface area (Å²) in [5, 5.41) is 0. The highest BCUT2D eigenvalue weighted by molar-refractivity contribution is 5.81. The zero-order valence-corrected chi connectivity index (χ0v) is 26.6. The molecule has 2 heterocycles. The van der Waals surface area contributed by atoms with Crippen molar-refractivity contribution in [2.45, 2.75) is 130 Å². The number of esters is 1. The summed E-state index contributed by atoms with van der Waals surface area (Å²) in [7, 11) is 0. The van der Waals surface area contributed by atoms with Gasteiger partial charge in [0.05, 0.1) is 19.1 Å². The highest BCUT2D eigenvalue weighted by Crippen LogP contribution is 2.70. The fourth-order valence-corrected chi connectivity index (χ4v) is 10.9. The molecular formula is C35H55NO5.